The van der Waals surface area contributed by atoms with Crippen LogP contribution in [-0.4, -0.2) is 51.5 Å². The van der Waals surface area contributed by atoms with E-state index in [1.54, 1.807) is 24.3 Å². The highest BCUT2D eigenvalue weighted by molar-refractivity contribution is 6.34. The van der Waals surface area contributed by atoms with Crippen molar-refractivity contribution < 1.29 is 33.3 Å². The summed E-state index contributed by atoms with van der Waals surface area (Å²) < 4.78 is 27.0. The van der Waals surface area contributed by atoms with Gasteiger partial charge in [-0.2, -0.15) is 5.10 Å². The molecule has 45 heavy (non-hydrogen) atoms. The zero-order chi connectivity index (χ0) is 32.1. The summed E-state index contributed by atoms with van der Waals surface area (Å²) in [5.74, 6) is 0.316. The van der Waals surface area contributed by atoms with Crippen LogP contribution in [0, 0.1) is 6.92 Å². The number of ether oxygens (including phenoxy) is 5. The highest BCUT2D eigenvalue weighted by Gasteiger charge is 2.22. The SMILES string of the molecule is COc1cc(C=NNC(=O)c2[nH]c3ccc(C)cc3c2-c2ccccc2Cl)ccc1OC(=O)c1cc(OC)c(OC)c(OC)c1. The van der Waals surface area contributed by atoms with Crippen LogP contribution in [0.5, 0.6) is 28.7 Å². The Bertz CT molecular complexity index is 1910. The van der Waals surface area contributed by atoms with Crippen molar-refractivity contribution in [2.75, 3.05) is 28.4 Å². The number of hydrogen-bond acceptors (Lipinski definition) is 8. The van der Waals surface area contributed by atoms with Crippen molar-refractivity contribution in [1.82, 2.24) is 10.4 Å². The molecule has 5 rings (SSSR count). The summed E-state index contributed by atoms with van der Waals surface area (Å²) in [5.41, 5.74) is 6.94. The molecule has 1 amide bonds. The molecule has 0 spiro atoms. The van der Waals surface area contributed by atoms with Crippen LogP contribution in [0.4, 0.5) is 0 Å². The molecule has 11 heteroatoms. The molecule has 10 nitrogen and oxygen atoms in total. The maximum absolute atomic E-state index is 13.4. The van der Waals surface area contributed by atoms with Gasteiger partial charge in [0.2, 0.25) is 5.75 Å². The second-order valence-electron chi connectivity index (χ2n) is 9.82. The van der Waals surface area contributed by atoms with E-state index >= 15 is 0 Å². The average Bonchev–Trinajstić information content (AvgIpc) is 3.43. The number of carbonyl (C=O) groups is 2. The predicted octanol–water partition coefficient (Wildman–Crippen LogP) is 6.81. The maximum Gasteiger partial charge on any atom is 0.343 e. The van der Waals surface area contributed by atoms with Gasteiger partial charge in [-0.3, -0.25) is 4.79 Å². The number of fused-ring (bicyclic) bond motifs is 1. The Balaban J connectivity index is 1.36. The normalized spacial score (nSPS) is 11.0. The third-order valence-electron chi connectivity index (χ3n) is 6.99. The molecule has 1 heterocycles. The Morgan fingerprint density at radius 1 is 0.822 bits per heavy atom. The van der Waals surface area contributed by atoms with Crippen LogP contribution in [-0.2, 0) is 0 Å². The van der Waals surface area contributed by atoms with Gasteiger partial charge in [-0.15, -0.1) is 0 Å². The van der Waals surface area contributed by atoms with Gasteiger partial charge >= 0.3 is 5.97 Å². The number of aryl methyl sites for hydroxylation is 1. The minimum absolute atomic E-state index is 0.176. The fourth-order valence-electron chi connectivity index (χ4n) is 4.85. The van der Waals surface area contributed by atoms with Crippen molar-refractivity contribution in [3.05, 3.63) is 100 Å². The first kappa shape index (κ1) is 31.0. The summed E-state index contributed by atoms with van der Waals surface area (Å²) in [7, 11) is 5.83. The lowest BCUT2D eigenvalue weighted by molar-refractivity contribution is 0.0728. The molecule has 1 aromatic heterocycles. The van der Waals surface area contributed by atoms with Gasteiger partial charge in [0.25, 0.3) is 5.91 Å². The number of carbonyl (C=O) groups excluding carboxylic acids is 2. The molecule has 0 aliphatic heterocycles. The first-order chi connectivity index (χ1) is 21.8. The van der Waals surface area contributed by atoms with E-state index in [1.807, 2.05) is 43.3 Å². The van der Waals surface area contributed by atoms with Crippen molar-refractivity contribution in [2.45, 2.75) is 6.92 Å². The van der Waals surface area contributed by atoms with Crippen LogP contribution in [0.1, 0.15) is 32.0 Å². The van der Waals surface area contributed by atoms with Crippen LogP contribution < -0.4 is 29.1 Å². The number of hydrogen-bond donors (Lipinski definition) is 2. The Morgan fingerprint density at radius 2 is 1.53 bits per heavy atom. The summed E-state index contributed by atoms with van der Waals surface area (Å²) in [6.07, 6.45) is 1.45. The highest BCUT2D eigenvalue weighted by Crippen LogP contribution is 2.39. The molecule has 5 aromatic rings. The molecule has 0 saturated carbocycles. The number of H-pyrrole nitrogens is 1. The molecule has 0 bridgehead atoms. The lowest BCUT2D eigenvalue weighted by Crippen LogP contribution is -2.19. The van der Waals surface area contributed by atoms with E-state index in [0.29, 0.717) is 39.1 Å². The maximum atomic E-state index is 13.4. The van der Waals surface area contributed by atoms with Gasteiger partial charge in [0.05, 0.1) is 40.2 Å². The van der Waals surface area contributed by atoms with Crippen LogP contribution in [0.2, 0.25) is 5.02 Å². The van der Waals surface area contributed by atoms with Crippen molar-refractivity contribution >= 4 is 40.6 Å². The highest BCUT2D eigenvalue weighted by atomic mass is 35.5. The number of amides is 1. The summed E-state index contributed by atoms with van der Waals surface area (Å²) >= 11 is 6.53. The number of hydrazone groups is 1. The predicted molar refractivity (Wildman–Crippen MR) is 173 cm³/mol. The molecule has 230 valence electrons. The van der Waals surface area contributed by atoms with Gasteiger partial charge in [0, 0.05) is 27.1 Å². The third-order valence-corrected chi connectivity index (χ3v) is 7.32. The number of aromatic amines is 1. The summed E-state index contributed by atoms with van der Waals surface area (Å²) in [4.78, 5) is 29.6. The monoisotopic (exact) mass is 627 g/mol. The quantitative estimate of drug-likeness (QED) is 0.0755. The molecular formula is C34H30ClN3O7. The summed E-state index contributed by atoms with van der Waals surface area (Å²) in [6, 6.07) is 21.1. The topological polar surface area (TPSA) is 120 Å². The van der Waals surface area contributed by atoms with E-state index in [4.69, 9.17) is 35.3 Å². The first-order valence-corrected chi connectivity index (χ1v) is 14.1. The largest absolute Gasteiger partial charge is 0.493 e. The van der Waals surface area contributed by atoms with Crippen molar-refractivity contribution in [1.29, 1.82) is 0 Å². The number of methoxy groups -OCH3 is 4. The summed E-state index contributed by atoms with van der Waals surface area (Å²) in [6.45, 7) is 1.99. The number of halogens is 1. The Labute approximate surface area is 264 Å². The average molecular weight is 628 g/mol. The van der Waals surface area contributed by atoms with E-state index in [9.17, 15) is 9.59 Å². The summed E-state index contributed by atoms with van der Waals surface area (Å²) in [5, 5.41) is 5.55. The van der Waals surface area contributed by atoms with E-state index < -0.39 is 11.9 Å². The Morgan fingerprint density at radius 3 is 2.20 bits per heavy atom. The van der Waals surface area contributed by atoms with E-state index in [0.717, 1.165) is 22.0 Å². The van der Waals surface area contributed by atoms with Gasteiger partial charge in [0.1, 0.15) is 5.69 Å². The Kier molecular flexibility index (Phi) is 9.25. The number of nitrogens with zero attached hydrogens (tertiary/aromatic N) is 1. The lowest BCUT2D eigenvalue weighted by atomic mass is 10.0. The van der Waals surface area contributed by atoms with Gasteiger partial charge < -0.3 is 28.7 Å². The lowest BCUT2D eigenvalue weighted by Gasteiger charge is -2.14. The van der Waals surface area contributed by atoms with Crippen LogP contribution in [0.15, 0.2) is 77.9 Å². The standard InChI is InChI=1S/C34H30ClN3O7/c1-19-10-12-25-23(14-19)30(22-8-6-7-9-24(22)35)31(37-25)33(39)38-36-18-20-11-13-26(27(15-20)41-2)45-34(40)21-16-28(42-3)32(44-5)29(17-21)43-4/h6-18,37H,1-5H3,(H,38,39). The number of rotatable bonds is 10. The fourth-order valence-corrected chi connectivity index (χ4v) is 5.08. The van der Waals surface area contributed by atoms with Crippen LogP contribution >= 0.6 is 11.6 Å². The van der Waals surface area contributed by atoms with Crippen LogP contribution in [0.25, 0.3) is 22.0 Å². The number of benzene rings is 4. The number of nitrogens with one attached hydrogen (secondary N) is 2. The van der Waals surface area contributed by atoms with E-state index in [2.05, 4.69) is 15.5 Å². The fraction of sp³-hybridized carbons (Fsp3) is 0.147. The molecule has 4 aromatic carbocycles. The molecule has 0 saturated heterocycles. The van der Waals surface area contributed by atoms with Crippen molar-refractivity contribution in [2.24, 2.45) is 5.10 Å². The third kappa shape index (κ3) is 6.41. The molecule has 0 radical (unpaired) electrons. The smallest absolute Gasteiger partial charge is 0.343 e. The minimum Gasteiger partial charge on any atom is -0.493 e. The number of aromatic nitrogens is 1. The van der Waals surface area contributed by atoms with Crippen LogP contribution in [0.3, 0.4) is 0 Å². The van der Waals surface area contributed by atoms with Gasteiger partial charge in [-0.05, 0) is 61.0 Å². The minimum atomic E-state index is -0.663. The van der Waals surface area contributed by atoms with Crippen molar-refractivity contribution in [3.8, 4) is 39.9 Å². The van der Waals surface area contributed by atoms with Gasteiger partial charge in [-0.1, -0.05) is 41.4 Å². The number of esters is 1. The zero-order valence-electron chi connectivity index (χ0n) is 25.2. The van der Waals surface area contributed by atoms with Gasteiger partial charge in [0.15, 0.2) is 23.0 Å². The molecule has 2 N–H and O–H groups in total. The second-order valence-corrected chi connectivity index (χ2v) is 10.2. The van der Waals surface area contributed by atoms with Crippen molar-refractivity contribution in [3.63, 3.8) is 0 Å². The second kappa shape index (κ2) is 13.4. The van der Waals surface area contributed by atoms with Gasteiger partial charge in [-0.25, -0.2) is 10.2 Å². The first-order valence-electron chi connectivity index (χ1n) is 13.7. The molecule has 0 fully saturated rings. The zero-order valence-corrected chi connectivity index (χ0v) is 25.9. The molecule has 0 unspecified atom stereocenters. The molecule has 0 atom stereocenters. The molecule has 0 aliphatic rings. The van der Waals surface area contributed by atoms with E-state index in [1.165, 1.54) is 46.8 Å². The molecular weight excluding hydrogens is 598 g/mol. The Hall–Kier alpha value is -5.48. The van der Waals surface area contributed by atoms with E-state index in [-0.39, 0.29) is 17.1 Å². The molecule has 0 aliphatic carbocycles.